The molecular formula is C16H24N2O3S. The van der Waals surface area contributed by atoms with E-state index < -0.39 is 10.0 Å². The van der Waals surface area contributed by atoms with Crippen LogP contribution in [0.2, 0.25) is 0 Å². The molecule has 2 aliphatic rings. The summed E-state index contributed by atoms with van der Waals surface area (Å²) in [5, 5.41) is 0. The Hall–Kier alpha value is -1.11. The highest BCUT2D eigenvalue weighted by Crippen LogP contribution is 2.28. The quantitative estimate of drug-likeness (QED) is 0.830. The Morgan fingerprint density at radius 1 is 1.09 bits per heavy atom. The molecule has 0 spiro atoms. The molecule has 0 radical (unpaired) electrons. The Balaban J connectivity index is 1.76. The molecule has 0 aromatic heterocycles. The summed E-state index contributed by atoms with van der Waals surface area (Å²) in [6, 6.07) is 6.81. The van der Waals surface area contributed by atoms with E-state index >= 15 is 0 Å². The van der Waals surface area contributed by atoms with Crippen LogP contribution in [0.4, 0.5) is 0 Å². The number of ether oxygens (including phenoxy) is 1. The minimum Gasteiger partial charge on any atom is -0.497 e. The number of rotatable bonds is 5. The van der Waals surface area contributed by atoms with Gasteiger partial charge in [-0.05, 0) is 63.0 Å². The monoisotopic (exact) mass is 324 g/mol. The van der Waals surface area contributed by atoms with Gasteiger partial charge in [-0.1, -0.05) is 0 Å². The van der Waals surface area contributed by atoms with E-state index in [1.807, 2.05) is 0 Å². The van der Waals surface area contributed by atoms with Crippen LogP contribution >= 0.6 is 0 Å². The lowest BCUT2D eigenvalue weighted by Gasteiger charge is -2.27. The fourth-order valence-electron chi connectivity index (χ4n) is 3.45. The lowest BCUT2D eigenvalue weighted by Crippen LogP contribution is -2.42. The van der Waals surface area contributed by atoms with Crippen molar-refractivity contribution in [3.05, 3.63) is 24.3 Å². The summed E-state index contributed by atoms with van der Waals surface area (Å²) in [5.74, 6) is 0.675. The molecule has 122 valence electrons. The minimum atomic E-state index is -3.40. The zero-order valence-corrected chi connectivity index (χ0v) is 13.9. The Labute approximate surface area is 132 Å². The van der Waals surface area contributed by atoms with Crippen molar-refractivity contribution in [3.63, 3.8) is 0 Å². The van der Waals surface area contributed by atoms with Crippen molar-refractivity contribution in [1.29, 1.82) is 0 Å². The summed E-state index contributed by atoms with van der Waals surface area (Å²) in [6.45, 7) is 3.71. The molecule has 1 unspecified atom stereocenters. The van der Waals surface area contributed by atoms with Crippen molar-refractivity contribution in [1.82, 2.24) is 9.21 Å². The van der Waals surface area contributed by atoms with E-state index in [1.54, 1.807) is 35.7 Å². The zero-order valence-electron chi connectivity index (χ0n) is 13.1. The van der Waals surface area contributed by atoms with Crippen LogP contribution in [0.15, 0.2) is 29.2 Å². The number of hydrogen-bond acceptors (Lipinski definition) is 4. The van der Waals surface area contributed by atoms with Crippen LogP contribution in [0.25, 0.3) is 0 Å². The van der Waals surface area contributed by atoms with Crippen LogP contribution in [0.5, 0.6) is 5.75 Å². The maximum absolute atomic E-state index is 12.9. The van der Waals surface area contributed by atoms with Gasteiger partial charge < -0.3 is 9.64 Å². The largest absolute Gasteiger partial charge is 0.497 e. The predicted molar refractivity (Wildman–Crippen MR) is 85.6 cm³/mol. The summed E-state index contributed by atoms with van der Waals surface area (Å²) in [4.78, 5) is 2.76. The fraction of sp³-hybridized carbons (Fsp3) is 0.625. The van der Waals surface area contributed by atoms with Crippen molar-refractivity contribution in [2.75, 3.05) is 33.3 Å². The number of benzene rings is 1. The molecule has 1 aromatic carbocycles. The van der Waals surface area contributed by atoms with Gasteiger partial charge in [-0.25, -0.2) is 8.42 Å². The van der Waals surface area contributed by atoms with Gasteiger partial charge in [0.05, 0.1) is 12.0 Å². The SMILES string of the molecule is COc1ccc(S(=O)(=O)N2CCCC2CN2CCCC2)cc1. The maximum Gasteiger partial charge on any atom is 0.243 e. The third-order valence-corrected chi connectivity index (χ3v) is 6.62. The van der Waals surface area contributed by atoms with E-state index in [-0.39, 0.29) is 6.04 Å². The second-order valence-electron chi connectivity index (χ2n) is 6.10. The van der Waals surface area contributed by atoms with E-state index in [4.69, 9.17) is 4.74 Å². The van der Waals surface area contributed by atoms with E-state index in [1.165, 1.54) is 12.8 Å². The van der Waals surface area contributed by atoms with Crippen molar-refractivity contribution >= 4 is 10.0 Å². The Morgan fingerprint density at radius 2 is 1.77 bits per heavy atom. The molecule has 2 saturated heterocycles. The topological polar surface area (TPSA) is 49.9 Å². The van der Waals surface area contributed by atoms with Crippen LogP contribution in [0.3, 0.4) is 0 Å². The van der Waals surface area contributed by atoms with Gasteiger partial charge in [-0.2, -0.15) is 4.31 Å². The predicted octanol–water partition coefficient (Wildman–Crippen LogP) is 1.94. The number of sulfonamides is 1. The molecule has 5 nitrogen and oxygen atoms in total. The number of methoxy groups -OCH3 is 1. The first-order valence-electron chi connectivity index (χ1n) is 7.99. The van der Waals surface area contributed by atoms with Crippen molar-refractivity contribution in [2.45, 2.75) is 36.6 Å². The van der Waals surface area contributed by atoms with Crippen molar-refractivity contribution in [3.8, 4) is 5.75 Å². The van der Waals surface area contributed by atoms with Crippen LogP contribution in [-0.2, 0) is 10.0 Å². The molecule has 6 heteroatoms. The highest BCUT2D eigenvalue weighted by atomic mass is 32.2. The fourth-order valence-corrected chi connectivity index (χ4v) is 5.14. The molecule has 0 saturated carbocycles. The van der Waals surface area contributed by atoms with Crippen LogP contribution in [-0.4, -0.2) is 57.0 Å². The summed E-state index contributed by atoms with van der Waals surface area (Å²) in [5.41, 5.74) is 0. The molecule has 0 amide bonds. The molecule has 1 atom stereocenters. The molecule has 1 aromatic rings. The van der Waals surface area contributed by atoms with Gasteiger partial charge in [0.1, 0.15) is 5.75 Å². The van der Waals surface area contributed by atoms with Crippen molar-refractivity contribution in [2.24, 2.45) is 0 Å². The van der Waals surface area contributed by atoms with Gasteiger partial charge in [-0.3, -0.25) is 0 Å². The molecular weight excluding hydrogens is 300 g/mol. The van der Waals surface area contributed by atoms with Gasteiger partial charge in [0, 0.05) is 19.1 Å². The lowest BCUT2D eigenvalue weighted by molar-refractivity contribution is 0.257. The van der Waals surface area contributed by atoms with Crippen LogP contribution in [0, 0.1) is 0 Å². The highest BCUT2D eigenvalue weighted by molar-refractivity contribution is 7.89. The second-order valence-corrected chi connectivity index (χ2v) is 7.99. The normalized spacial score (nSPS) is 24.0. The van der Waals surface area contributed by atoms with E-state index in [9.17, 15) is 8.42 Å². The number of hydrogen-bond donors (Lipinski definition) is 0. The first-order chi connectivity index (χ1) is 10.6. The molecule has 0 aliphatic carbocycles. The summed E-state index contributed by atoms with van der Waals surface area (Å²) in [7, 11) is -1.82. The number of likely N-dealkylation sites (tertiary alicyclic amines) is 1. The van der Waals surface area contributed by atoms with Gasteiger partial charge in [0.15, 0.2) is 0 Å². The molecule has 2 aliphatic heterocycles. The summed E-state index contributed by atoms with van der Waals surface area (Å²) < 4.78 is 32.6. The maximum atomic E-state index is 12.9. The molecule has 0 N–H and O–H groups in total. The number of nitrogens with zero attached hydrogens (tertiary/aromatic N) is 2. The Kier molecular flexibility index (Phi) is 4.70. The minimum absolute atomic E-state index is 0.116. The lowest BCUT2D eigenvalue weighted by atomic mass is 10.2. The first kappa shape index (κ1) is 15.8. The average molecular weight is 324 g/mol. The van der Waals surface area contributed by atoms with E-state index in [2.05, 4.69) is 4.90 Å². The van der Waals surface area contributed by atoms with Gasteiger partial charge >= 0.3 is 0 Å². The average Bonchev–Trinajstić information content (AvgIpc) is 3.20. The first-order valence-corrected chi connectivity index (χ1v) is 9.43. The Morgan fingerprint density at radius 3 is 2.41 bits per heavy atom. The van der Waals surface area contributed by atoms with Gasteiger partial charge in [-0.15, -0.1) is 0 Å². The van der Waals surface area contributed by atoms with Crippen molar-refractivity contribution < 1.29 is 13.2 Å². The smallest absolute Gasteiger partial charge is 0.243 e. The van der Waals surface area contributed by atoms with Gasteiger partial charge in [0.2, 0.25) is 10.0 Å². The molecule has 0 bridgehead atoms. The highest BCUT2D eigenvalue weighted by Gasteiger charge is 2.36. The third-order valence-electron chi connectivity index (χ3n) is 4.66. The molecule has 2 heterocycles. The third kappa shape index (κ3) is 3.14. The zero-order chi connectivity index (χ0) is 15.6. The second kappa shape index (κ2) is 6.56. The Bertz CT molecular complexity index is 594. The van der Waals surface area contributed by atoms with Gasteiger partial charge in [0.25, 0.3) is 0 Å². The molecule has 22 heavy (non-hydrogen) atoms. The summed E-state index contributed by atoms with van der Waals surface area (Å²) in [6.07, 6.45) is 4.38. The molecule has 3 rings (SSSR count). The standard InChI is InChI=1S/C16H24N2O3S/c1-21-15-6-8-16(9-7-15)22(19,20)18-12-4-5-14(18)13-17-10-2-3-11-17/h6-9,14H,2-5,10-13H2,1H3. The van der Waals surface area contributed by atoms with Crippen LogP contribution in [0.1, 0.15) is 25.7 Å². The molecule has 2 fully saturated rings. The van der Waals surface area contributed by atoms with E-state index in [0.29, 0.717) is 17.2 Å². The van der Waals surface area contributed by atoms with Crippen LogP contribution < -0.4 is 4.74 Å². The summed E-state index contributed by atoms with van der Waals surface area (Å²) >= 11 is 0. The van der Waals surface area contributed by atoms with E-state index in [0.717, 1.165) is 32.5 Å².